The van der Waals surface area contributed by atoms with Crippen LogP contribution in [0, 0.1) is 5.41 Å². The molecule has 0 fully saturated rings. The van der Waals surface area contributed by atoms with Crippen molar-refractivity contribution in [3.8, 4) is 0 Å². The lowest BCUT2D eigenvalue weighted by Crippen LogP contribution is -2.39. The molecular weight excluding hydrogens is 266 g/mol. The molecule has 0 bridgehead atoms. The summed E-state index contributed by atoms with van der Waals surface area (Å²) in [5.74, 6) is 0. The highest BCUT2D eigenvalue weighted by Crippen LogP contribution is 2.39. The Morgan fingerprint density at radius 2 is 2.15 bits per heavy atom. The van der Waals surface area contributed by atoms with Gasteiger partial charge < -0.3 is 10.2 Å². The Morgan fingerprint density at radius 1 is 1.45 bits per heavy atom. The molecule has 1 aromatic rings. The molecule has 1 aliphatic carbocycles. The first-order valence-corrected chi connectivity index (χ1v) is 8.62. The highest BCUT2D eigenvalue weighted by Gasteiger charge is 2.29. The first-order chi connectivity index (χ1) is 9.34. The smallest absolute Gasteiger partial charge is 0.185 e. The van der Waals surface area contributed by atoms with Gasteiger partial charge in [-0.05, 0) is 38.1 Å². The highest BCUT2D eigenvalue weighted by atomic mass is 32.1. The van der Waals surface area contributed by atoms with Crippen molar-refractivity contribution in [2.24, 2.45) is 5.41 Å². The third-order valence-corrected chi connectivity index (χ3v) is 5.83. The molecule has 0 saturated carbocycles. The normalized spacial score (nSPS) is 20.6. The Balaban J connectivity index is 2.23. The van der Waals surface area contributed by atoms with Crippen LogP contribution in [0.15, 0.2) is 0 Å². The number of rotatable bonds is 4. The molecule has 0 amide bonds. The van der Waals surface area contributed by atoms with Gasteiger partial charge in [-0.15, -0.1) is 0 Å². The molecule has 4 heteroatoms. The van der Waals surface area contributed by atoms with Gasteiger partial charge in [0.05, 0.1) is 5.69 Å². The fourth-order valence-electron chi connectivity index (χ4n) is 2.75. The fraction of sp³-hybridized carbons (Fsp3) is 0.812. The van der Waals surface area contributed by atoms with Gasteiger partial charge in [0, 0.05) is 24.0 Å². The monoisotopic (exact) mass is 295 g/mol. The van der Waals surface area contributed by atoms with Crippen molar-refractivity contribution in [3.63, 3.8) is 0 Å². The van der Waals surface area contributed by atoms with Crippen molar-refractivity contribution in [2.45, 2.75) is 66.0 Å². The van der Waals surface area contributed by atoms with Gasteiger partial charge in [-0.1, -0.05) is 39.0 Å². The number of hydrogen-bond donors (Lipinski definition) is 1. The Hall–Kier alpha value is -0.610. The Kier molecular flexibility index (Phi) is 4.75. The van der Waals surface area contributed by atoms with Gasteiger partial charge >= 0.3 is 0 Å². The van der Waals surface area contributed by atoms with Crippen molar-refractivity contribution in [1.82, 2.24) is 10.3 Å². The van der Waals surface area contributed by atoms with Gasteiger partial charge in [-0.3, -0.25) is 0 Å². The minimum atomic E-state index is 0.266. The molecular formula is C16H29N3S. The van der Waals surface area contributed by atoms with Gasteiger partial charge in [0.1, 0.15) is 0 Å². The van der Waals surface area contributed by atoms with Crippen LogP contribution >= 0.6 is 11.3 Å². The van der Waals surface area contributed by atoms with Crippen LogP contribution in [-0.4, -0.2) is 24.6 Å². The summed E-state index contributed by atoms with van der Waals surface area (Å²) in [7, 11) is 2.18. The minimum absolute atomic E-state index is 0.266. The number of thiazole rings is 1. The maximum absolute atomic E-state index is 4.92. The zero-order chi connectivity index (χ0) is 14.9. The third kappa shape index (κ3) is 3.17. The number of nitrogens with zero attached hydrogens (tertiary/aromatic N) is 2. The molecule has 0 spiro atoms. The number of fused-ring (bicyclic) bond motifs is 1. The molecule has 0 saturated heterocycles. The standard InChI is InChI=1S/C16H29N3S/c1-7-17-12-9-8-10-13-14(12)20-15(18-13)19(6)11(2)16(3,4)5/h11-12,17H,7-10H2,1-6H3. The summed E-state index contributed by atoms with van der Waals surface area (Å²) in [5.41, 5.74) is 1.59. The van der Waals surface area contributed by atoms with E-state index < -0.39 is 0 Å². The van der Waals surface area contributed by atoms with Crippen LogP contribution in [0.1, 0.15) is 64.1 Å². The lowest BCUT2D eigenvalue weighted by molar-refractivity contribution is 0.329. The van der Waals surface area contributed by atoms with Crippen LogP contribution in [0.4, 0.5) is 5.13 Å². The molecule has 2 rings (SSSR count). The molecule has 1 N–H and O–H groups in total. The molecule has 1 aliphatic rings. The molecule has 114 valence electrons. The van der Waals surface area contributed by atoms with Crippen LogP contribution in [-0.2, 0) is 6.42 Å². The quantitative estimate of drug-likeness (QED) is 0.910. The second-order valence-electron chi connectivity index (χ2n) is 6.96. The number of aromatic nitrogens is 1. The van der Waals surface area contributed by atoms with Crippen LogP contribution in [0.5, 0.6) is 0 Å². The van der Waals surface area contributed by atoms with Crippen LogP contribution < -0.4 is 10.2 Å². The third-order valence-electron chi connectivity index (χ3n) is 4.53. The molecule has 2 unspecified atom stereocenters. The van der Waals surface area contributed by atoms with Gasteiger partial charge in [0.15, 0.2) is 5.13 Å². The summed E-state index contributed by atoms with van der Waals surface area (Å²) in [6, 6.07) is 1.00. The van der Waals surface area contributed by atoms with E-state index in [2.05, 4.69) is 51.9 Å². The molecule has 1 aromatic heterocycles. The summed E-state index contributed by atoms with van der Waals surface area (Å²) in [4.78, 5) is 8.75. The van der Waals surface area contributed by atoms with E-state index in [0.29, 0.717) is 12.1 Å². The maximum atomic E-state index is 4.92. The average molecular weight is 295 g/mol. The zero-order valence-electron chi connectivity index (χ0n) is 13.8. The molecule has 20 heavy (non-hydrogen) atoms. The first kappa shape index (κ1) is 15.8. The second kappa shape index (κ2) is 6.02. The molecule has 0 radical (unpaired) electrons. The van der Waals surface area contributed by atoms with Crippen molar-refractivity contribution >= 4 is 16.5 Å². The van der Waals surface area contributed by atoms with E-state index in [0.717, 1.165) is 13.0 Å². The molecule has 2 atom stereocenters. The van der Waals surface area contributed by atoms with Gasteiger partial charge in [0.25, 0.3) is 0 Å². The minimum Gasteiger partial charge on any atom is -0.348 e. The lowest BCUT2D eigenvalue weighted by Gasteiger charge is -2.35. The van der Waals surface area contributed by atoms with E-state index in [1.807, 2.05) is 11.3 Å². The Labute approximate surface area is 127 Å². The summed E-state index contributed by atoms with van der Waals surface area (Å²) >= 11 is 1.89. The van der Waals surface area contributed by atoms with E-state index in [4.69, 9.17) is 4.98 Å². The van der Waals surface area contributed by atoms with E-state index in [9.17, 15) is 0 Å². The molecule has 0 aromatic carbocycles. The zero-order valence-corrected chi connectivity index (χ0v) is 14.6. The van der Waals surface area contributed by atoms with Crippen molar-refractivity contribution in [1.29, 1.82) is 0 Å². The number of hydrogen-bond acceptors (Lipinski definition) is 4. The Morgan fingerprint density at radius 3 is 2.75 bits per heavy atom. The van der Waals surface area contributed by atoms with Gasteiger partial charge in [0.2, 0.25) is 0 Å². The van der Waals surface area contributed by atoms with Crippen molar-refractivity contribution in [2.75, 3.05) is 18.5 Å². The second-order valence-corrected chi connectivity index (χ2v) is 7.97. The number of aryl methyl sites for hydroxylation is 1. The average Bonchev–Trinajstić information content (AvgIpc) is 2.81. The van der Waals surface area contributed by atoms with E-state index in [1.165, 1.54) is 28.5 Å². The van der Waals surface area contributed by atoms with Crippen molar-refractivity contribution in [3.05, 3.63) is 10.6 Å². The topological polar surface area (TPSA) is 28.2 Å². The van der Waals surface area contributed by atoms with Crippen LogP contribution in [0.3, 0.4) is 0 Å². The van der Waals surface area contributed by atoms with Crippen LogP contribution in [0.25, 0.3) is 0 Å². The largest absolute Gasteiger partial charge is 0.348 e. The predicted molar refractivity (Wildman–Crippen MR) is 88.8 cm³/mol. The van der Waals surface area contributed by atoms with E-state index in [1.54, 1.807) is 0 Å². The summed E-state index contributed by atoms with van der Waals surface area (Å²) in [5, 5.41) is 4.79. The molecule has 3 nitrogen and oxygen atoms in total. The number of anilines is 1. The fourth-order valence-corrected chi connectivity index (χ4v) is 4.01. The van der Waals surface area contributed by atoms with E-state index in [-0.39, 0.29) is 5.41 Å². The molecule has 1 heterocycles. The maximum Gasteiger partial charge on any atom is 0.185 e. The van der Waals surface area contributed by atoms with Crippen molar-refractivity contribution < 1.29 is 0 Å². The van der Waals surface area contributed by atoms with Crippen LogP contribution in [0.2, 0.25) is 0 Å². The lowest BCUT2D eigenvalue weighted by atomic mass is 9.87. The SMILES string of the molecule is CCNC1CCCc2nc(N(C)C(C)C(C)(C)C)sc21. The summed E-state index contributed by atoms with van der Waals surface area (Å²) in [6.45, 7) is 12.4. The van der Waals surface area contributed by atoms with Gasteiger partial charge in [-0.25, -0.2) is 4.98 Å². The van der Waals surface area contributed by atoms with E-state index >= 15 is 0 Å². The Bertz CT molecular complexity index is 447. The molecule has 0 aliphatic heterocycles. The predicted octanol–water partition coefficient (Wildman–Crippen LogP) is 4.00. The first-order valence-electron chi connectivity index (χ1n) is 7.80. The highest BCUT2D eigenvalue weighted by molar-refractivity contribution is 7.15. The summed E-state index contributed by atoms with van der Waals surface area (Å²) in [6.07, 6.45) is 3.65. The number of nitrogens with one attached hydrogen (secondary N) is 1. The summed E-state index contributed by atoms with van der Waals surface area (Å²) < 4.78 is 0. The van der Waals surface area contributed by atoms with Gasteiger partial charge in [-0.2, -0.15) is 0 Å².